The number of H-pyrrole nitrogens is 1. The Morgan fingerprint density at radius 1 is 1.38 bits per heavy atom. The average molecular weight is 215 g/mol. The van der Waals surface area contributed by atoms with Gasteiger partial charge < -0.3 is 5.73 Å². The summed E-state index contributed by atoms with van der Waals surface area (Å²) in [7, 11) is 1.90. The topological polar surface area (TPSA) is 72.5 Å². The fourth-order valence-corrected chi connectivity index (χ4v) is 1.38. The molecule has 0 saturated heterocycles. The smallest absolute Gasteiger partial charge is 0.0699 e. The lowest BCUT2D eigenvalue weighted by molar-refractivity contribution is 0.797. The first kappa shape index (κ1) is 10.2. The molecule has 0 unspecified atom stereocenters. The summed E-state index contributed by atoms with van der Waals surface area (Å²) in [4.78, 5) is 0. The lowest BCUT2D eigenvalue weighted by Crippen LogP contribution is -1.90. The Morgan fingerprint density at radius 3 is 2.88 bits per heavy atom. The molecule has 16 heavy (non-hydrogen) atoms. The summed E-state index contributed by atoms with van der Waals surface area (Å²) in [5, 5.41) is 11.4. The van der Waals surface area contributed by atoms with Crippen LogP contribution >= 0.6 is 0 Å². The van der Waals surface area contributed by atoms with Crippen LogP contribution in [0.3, 0.4) is 0 Å². The maximum absolute atomic E-state index is 5.61. The van der Waals surface area contributed by atoms with Crippen molar-refractivity contribution >= 4 is 16.6 Å². The number of hydrogen-bond acceptors (Lipinski definition) is 3. The van der Waals surface area contributed by atoms with Crippen molar-refractivity contribution in [2.24, 2.45) is 7.05 Å². The van der Waals surface area contributed by atoms with E-state index in [-0.39, 0.29) is 0 Å². The standard InChI is InChI=1S/C8H9N3.C3H4N2/c1-11-8-4-7(9)3-2-6(8)5-10-11;1-2-4-5-3-1/h2-5H,9H2,1H3;1-3H,(H,4,5). The minimum Gasteiger partial charge on any atom is -0.399 e. The van der Waals surface area contributed by atoms with E-state index in [1.165, 1.54) is 0 Å². The van der Waals surface area contributed by atoms with Crippen LogP contribution in [0, 0.1) is 0 Å². The number of nitrogens with two attached hydrogens (primary N) is 1. The molecule has 0 aliphatic rings. The molecule has 3 rings (SSSR count). The molecule has 3 aromatic rings. The Labute approximate surface area is 92.9 Å². The largest absolute Gasteiger partial charge is 0.399 e. The summed E-state index contributed by atoms with van der Waals surface area (Å²) in [5.41, 5.74) is 7.46. The maximum atomic E-state index is 5.61. The van der Waals surface area contributed by atoms with Crippen molar-refractivity contribution in [3.8, 4) is 0 Å². The molecule has 3 N–H and O–H groups in total. The molecule has 2 heterocycles. The highest BCUT2D eigenvalue weighted by molar-refractivity contribution is 5.81. The molecule has 0 saturated carbocycles. The number of aromatic amines is 1. The summed E-state index contributed by atoms with van der Waals surface area (Å²) in [6.07, 6.45) is 5.29. The van der Waals surface area contributed by atoms with Gasteiger partial charge in [-0.3, -0.25) is 9.78 Å². The van der Waals surface area contributed by atoms with Crippen molar-refractivity contribution in [3.05, 3.63) is 42.9 Å². The fraction of sp³-hybridized carbons (Fsp3) is 0.0909. The zero-order valence-electron chi connectivity index (χ0n) is 8.96. The molecular weight excluding hydrogens is 202 g/mol. The first-order valence-electron chi connectivity index (χ1n) is 4.88. The number of nitrogen functional groups attached to an aromatic ring is 1. The minimum absolute atomic E-state index is 0.779. The number of rotatable bonds is 0. The third-order valence-electron chi connectivity index (χ3n) is 2.18. The van der Waals surface area contributed by atoms with Gasteiger partial charge in [-0.25, -0.2) is 0 Å². The van der Waals surface area contributed by atoms with Crippen LogP contribution in [0.4, 0.5) is 5.69 Å². The van der Waals surface area contributed by atoms with Crippen LogP contribution < -0.4 is 5.73 Å². The van der Waals surface area contributed by atoms with Gasteiger partial charge in [0.25, 0.3) is 0 Å². The van der Waals surface area contributed by atoms with E-state index >= 15 is 0 Å². The van der Waals surface area contributed by atoms with Gasteiger partial charge in [0.2, 0.25) is 0 Å². The molecule has 0 bridgehead atoms. The van der Waals surface area contributed by atoms with Gasteiger partial charge in [0, 0.05) is 30.5 Å². The molecule has 2 aromatic heterocycles. The Bertz CT molecular complexity index is 536. The van der Waals surface area contributed by atoms with E-state index in [9.17, 15) is 0 Å². The first-order chi connectivity index (χ1) is 7.77. The predicted octanol–water partition coefficient (Wildman–Crippen LogP) is 1.57. The number of hydrogen-bond donors (Lipinski definition) is 2. The molecule has 0 radical (unpaired) electrons. The van der Waals surface area contributed by atoms with Crippen LogP contribution in [-0.4, -0.2) is 20.0 Å². The van der Waals surface area contributed by atoms with Crippen molar-refractivity contribution in [2.75, 3.05) is 5.73 Å². The zero-order valence-corrected chi connectivity index (χ0v) is 8.96. The molecule has 0 atom stereocenters. The third kappa shape index (κ3) is 2.20. The number of aryl methyl sites for hydroxylation is 1. The SMILES string of the molecule is Cn1ncc2ccc(N)cc21.c1cn[nH]c1. The fourth-order valence-electron chi connectivity index (χ4n) is 1.38. The molecule has 0 amide bonds. The molecule has 82 valence electrons. The quantitative estimate of drug-likeness (QED) is 0.559. The van der Waals surface area contributed by atoms with Gasteiger partial charge in [-0.2, -0.15) is 10.2 Å². The van der Waals surface area contributed by atoms with Crippen LogP contribution in [0.1, 0.15) is 0 Å². The van der Waals surface area contributed by atoms with Crippen molar-refractivity contribution in [3.63, 3.8) is 0 Å². The minimum atomic E-state index is 0.779. The van der Waals surface area contributed by atoms with E-state index in [4.69, 9.17) is 5.73 Å². The van der Waals surface area contributed by atoms with E-state index in [1.807, 2.05) is 42.2 Å². The number of nitrogens with one attached hydrogen (secondary N) is 1. The van der Waals surface area contributed by atoms with Gasteiger partial charge in [0.05, 0.1) is 11.7 Å². The summed E-state index contributed by atoms with van der Waals surface area (Å²) < 4.78 is 1.81. The van der Waals surface area contributed by atoms with Crippen molar-refractivity contribution < 1.29 is 0 Å². The normalized spacial score (nSPS) is 9.81. The van der Waals surface area contributed by atoms with E-state index in [0.29, 0.717) is 0 Å². The zero-order chi connectivity index (χ0) is 11.4. The van der Waals surface area contributed by atoms with E-state index < -0.39 is 0 Å². The molecular formula is C11H13N5. The van der Waals surface area contributed by atoms with Crippen LogP contribution in [0.15, 0.2) is 42.9 Å². The Morgan fingerprint density at radius 2 is 2.25 bits per heavy atom. The van der Waals surface area contributed by atoms with Crippen LogP contribution in [-0.2, 0) is 7.05 Å². The Balaban J connectivity index is 0.000000162. The highest BCUT2D eigenvalue weighted by Crippen LogP contribution is 2.15. The molecule has 0 aliphatic carbocycles. The molecule has 0 spiro atoms. The predicted molar refractivity (Wildman–Crippen MR) is 63.7 cm³/mol. The highest BCUT2D eigenvalue weighted by Gasteiger charge is 1.97. The Hall–Kier alpha value is -2.30. The number of aromatic nitrogens is 4. The van der Waals surface area contributed by atoms with Gasteiger partial charge in [-0.15, -0.1) is 0 Å². The molecule has 5 heteroatoms. The summed E-state index contributed by atoms with van der Waals surface area (Å²) in [6.45, 7) is 0. The van der Waals surface area contributed by atoms with Crippen molar-refractivity contribution in [1.29, 1.82) is 0 Å². The summed E-state index contributed by atoms with van der Waals surface area (Å²) in [5.74, 6) is 0. The van der Waals surface area contributed by atoms with Crippen LogP contribution in [0.5, 0.6) is 0 Å². The molecule has 0 aliphatic heterocycles. The summed E-state index contributed by atoms with van der Waals surface area (Å²) >= 11 is 0. The lowest BCUT2D eigenvalue weighted by Gasteiger charge is -1.94. The van der Waals surface area contributed by atoms with Crippen LogP contribution in [0.2, 0.25) is 0 Å². The van der Waals surface area contributed by atoms with Crippen LogP contribution in [0.25, 0.3) is 10.9 Å². The lowest BCUT2D eigenvalue weighted by atomic mass is 10.2. The van der Waals surface area contributed by atoms with E-state index in [1.54, 1.807) is 12.4 Å². The second-order valence-electron chi connectivity index (χ2n) is 3.35. The molecule has 1 aromatic carbocycles. The number of fused-ring (bicyclic) bond motifs is 1. The van der Waals surface area contributed by atoms with Gasteiger partial charge >= 0.3 is 0 Å². The number of benzene rings is 1. The van der Waals surface area contributed by atoms with Gasteiger partial charge in [-0.1, -0.05) is 0 Å². The highest BCUT2D eigenvalue weighted by atomic mass is 15.2. The number of anilines is 1. The van der Waals surface area contributed by atoms with Gasteiger partial charge in [0.15, 0.2) is 0 Å². The molecule has 0 fully saturated rings. The maximum Gasteiger partial charge on any atom is 0.0699 e. The second kappa shape index (κ2) is 4.48. The van der Waals surface area contributed by atoms with E-state index in [0.717, 1.165) is 16.6 Å². The van der Waals surface area contributed by atoms with Gasteiger partial charge in [-0.05, 0) is 24.3 Å². The monoisotopic (exact) mass is 215 g/mol. The average Bonchev–Trinajstić information content (AvgIpc) is 2.93. The summed E-state index contributed by atoms with van der Waals surface area (Å²) in [6, 6.07) is 7.60. The molecule has 5 nitrogen and oxygen atoms in total. The van der Waals surface area contributed by atoms with Gasteiger partial charge in [0.1, 0.15) is 0 Å². The van der Waals surface area contributed by atoms with Crippen molar-refractivity contribution in [1.82, 2.24) is 20.0 Å². The number of nitrogens with zero attached hydrogens (tertiary/aromatic N) is 3. The Kier molecular flexibility index (Phi) is 2.86. The third-order valence-corrected chi connectivity index (χ3v) is 2.18. The van der Waals surface area contributed by atoms with Crippen molar-refractivity contribution in [2.45, 2.75) is 0 Å². The first-order valence-corrected chi connectivity index (χ1v) is 4.88. The second-order valence-corrected chi connectivity index (χ2v) is 3.35. The van der Waals surface area contributed by atoms with E-state index in [2.05, 4.69) is 15.3 Å².